The quantitative estimate of drug-likeness (QED) is 0.753. The monoisotopic (exact) mass is 414 g/mol. The summed E-state index contributed by atoms with van der Waals surface area (Å²) in [5.41, 5.74) is 2.02. The van der Waals surface area contributed by atoms with Gasteiger partial charge in [-0.2, -0.15) is 8.42 Å². The van der Waals surface area contributed by atoms with E-state index >= 15 is 0 Å². The molecular formula is C16H15BrO6S. The average molecular weight is 415 g/mol. The summed E-state index contributed by atoms with van der Waals surface area (Å²) in [5.74, 6) is -0.718. The molecule has 0 aliphatic carbocycles. The van der Waals surface area contributed by atoms with Crippen LogP contribution in [-0.4, -0.2) is 32.9 Å². The minimum atomic E-state index is -3.61. The van der Waals surface area contributed by atoms with Gasteiger partial charge in [-0.15, -0.1) is 0 Å². The van der Waals surface area contributed by atoms with Gasteiger partial charge in [-0.1, -0.05) is 12.1 Å². The third-order valence-corrected chi connectivity index (χ3v) is 4.75. The van der Waals surface area contributed by atoms with Crippen LogP contribution in [0, 0.1) is 6.92 Å². The zero-order chi connectivity index (χ0) is 18.1. The summed E-state index contributed by atoms with van der Waals surface area (Å²) in [4.78, 5) is 11.6. The van der Waals surface area contributed by atoms with Crippen LogP contribution in [0.3, 0.4) is 0 Å². The van der Waals surface area contributed by atoms with Crippen LogP contribution < -0.4 is 8.92 Å². The molecule has 1 N–H and O–H groups in total. The van der Waals surface area contributed by atoms with E-state index in [1.165, 1.54) is 19.2 Å². The first kappa shape index (κ1) is 18.3. The van der Waals surface area contributed by atoms with Crippen molar-refractivity contribution in [1.82, 2.24) is 0 Å². The molecule has 0 unspecified atom stereocenters. The van der Waals surface area contributed by atoms with E-state index < -0.39 is 16.1 Å². The Morgan fingerprint density at radius 1 is 1.21 bits per heavy atom. The summed E-state index contributed by atoms with van der Waals surface area (Å²) in [6, 6.07) is 8.05. The molecule has 2 aromatic carbocycles. The predicted molar refractivity (Wildman–Crippen MR) is 93.3 cm³/mol. The number of aryl methyl sites for hydroxylation is 1. The van der Waals surface area contributed by atoms with Gasteiger partial charge in [0.25, 0.3) is 0 Å². The highest BCUT2D eigenvalue weighted by Gasteiger charge is 2.22. The molecule has 0 aromatic heterocycles. The highest BCUT2D eigenvalue weighted by molar-refractivity contribution is 9.10. The smallest absolute Gasteiger partial charge is 0.340 e. The van der Waals surface area contributed by atoms with Crippen molar-refractivity contribution in [3.63, 3.8) is 0 Å². The molecule has 24 heavy (non-hydrogen) atoms. The van der Waals surface area contributed by atoms with E-state index in [9.17, 15) is 18.3 Å². The van der Waals surface area contributed by atoms with Gasteiger partial charge < -0.3 is 14.0 Å². The Labute approximate surface area is 148 Å². The van der Waals surface area contributed by atoms with Crippen molar-refractivity contribution in [1.29, 1.82) is 0 Å². The molecule has 0 spiro atoms. The second kappa shape index (κ2) is 6.82. The van der Waals surface area contributed by atoms with Crippen molar-refractivity contribution in [2.75, 3.05) is 13.4 Å². The average Bonchev–Trinajstić information content (AvgIpc) is 2.48. The summed E-state index contributed by atoms with van der Waals surface area (Å²) >= 11 is 3.28. The maximum absolute atomic E-state index is 11.6. The summed E-state index contributed by atoms with van der Waals surface area (Å²) in [5, 5.41) is 9.45. The van der Waals surface area contributed by atoms with Crippen molar-refractivity contribution in [2.24, 2.45) is 0 Å². The summed E-state index contributed by atoms with van der Waals surface area (Å²) in [6.45, 7) is 1.78. The second-order valence-electron chi connectivity index (χ2n) is 5.08. The lowest BCUT2D eigenvalue weighted by atomic mass is 9.98. The van der Waals surface area contributed by atoms with Gasteiger partial charge in [0.05, 0.1) is 13.4 Å². The van der Waals surface area contributed by atoms with Crippen LogP contribution in [0.1, 0.15) is 15.9 Å². The predicted octanol–water partition coefficient (Wildman–Crippen LogP) is 3.47. The van der Waals surface area contributed by atoms with E-state index in [-0.39, 0.29) is 17.1 Å². The van der Waals surface area contributed by atoms with E-state index in [1.807, 2.05) is 0 Å². The molecule has 0 heterocycles. The highest BCUT2D eigenvalue weighted by atomic mass is 79.9. The minimum Gasteiger partial charge on any atom is -0.495 e. The number of carboxylic acids is 1. The van der Waals surface area contributed by atoms with E-state index in [0.717, 1.165) is 11.8 Å². The molecule has 0 atom stereocenters. The fourth-order valence-electron chi connectivity index (χ4n) is 2.26. The lowest BCUT2D eigenvalue weighted by Crippen LogP contribution is -2.06. The molecule has 0 aliphatic heterocycles. The molecule has 0 amide bonds. The van der Waals surface area contributed by atoms with Crippen molar-refractivity contribution < 1.29 is 27.2 Å². The van der Waals surface area contributed by atoms with E-state index in [1.54, 1.807) is 25.1 Å². The number of carbonyl (C=O) groups is 1. The largest absolute Gasteiger partial charge is 0.495 e. The molecule has 128 valence electrons. The highest BCUT2D eigenvalue weighted by Crippen LogP contribution is 2.39. The SMILES string of the molecule is COc1c(-c2ccc(OS(C)(=O)=O)cc2)cc(C)c(Br)c1C(=O)O. The number of aromatic carboxylic acids is 1. The molecule has 0 saturated heterocycles. The van der Waals surface area contributed by atoms with Crippen LogP contribution in [0.25, 0.3) is 11.1 Å². The fraction of sp³-hybridized carbons (Fsp3) is 0.188. The van der Waals surface area contributed by atoms with Crippen LogP contribution in [0.4, 0.5) is 0 Å². The first-order valence-corrected chi connectivity index (χ1v) is 9.35. The van der Waals surface area contributed by atoms with Gasteiger partial charge in [0.1, 0.15) is 17.1 Å². The van der Waals surface area contributed by atoms with Gasteiger partial charge in [-0.3, -0.25) is 0 Å². The van der Waals surface area contributed by atoms with Gasteiger partial charge >= 0.3 is 16.1 Å². The maximum Gasteiger partial charge on any atom is 0.340 e. The molecule has 0 bridgehead atoms. The Bertz CT molecular complexity index is 888. The lowest BCUT2D eigenvalue weighted by molar-refractivity contribution is 0.0692. The molecule has 0 saturated carbocycles. The van der Waals surface area contributed by atoms with E-state index in [4.69, 9.17) is 8.92 Å². The molecule has 8 heteroatoms. The van der Waals surface area contributed by atoms with Gasteiger partial charge in [0.2, 0.25) is 0 Å². The Balaban J connectivity index is 2.58. The number of hydrogen-bond acceptors (Lipinski definition) is 5. The normalized spacial score (nSPS) is 11.2. The van der Waals surface area contributed by atoms with E-state index in [2.05, 4.69) is 15.9 Å². The van der Waals surface area contributed by atoms with E-state index in [0.29, 0.717) is 15.6 Å². The number of ether oxygens (including phenoxy) is 1. The summed E-state index contributed by atoms with van der Waals surface area (Å²) in [7, 11) is -2.21. The Morgan fingerprint density at radius 2 is 1.79 bits per heavy atom. The van der Waals surface area contributed by atoms with Crippen molar-refractivity contribution in [2.45, 2.75) is 6.92 Å². The van der Waals surface area contributed by atoms with Crippen LogP contribution in [0.2, 0.25) is 0 Å². The molecule has 0 aliphatic rings. The van der Waals surface area contributed by atoms with Crippen LogP contribution in [0.15, 0.2) is 34.8 Å². The van der Waals surface area contributed by atoms with Crippen LogP contribution in [0.5, 0.6) is 11.5 Å². The maximum atomic E-state index is 11.6. The Hall–Kier alpha value is -2.06. The van der Waals surface area contributed by atoms with Crippen LogP contribution in [-0.2, 0) is 10.1 Å². The molecule has 2 rings (SSSR count). The standard InChI is InChI=1S/C16H15BrO6S/c1-9-8-12(15(22-2)13(14(9)17)16(18)19)10-4-6-11(7-5-10)23-24(3,20)21/h4-8H,1-3H3,(H,18,19). The molecule has 0 radical (unpaired) electrons. The lowest BCUT2D eigenvalue weighted by Gasteiger charge is -2.15. The summed E-state index contributed by atoms with van der Waals surface area (Å²) < 4.78 is 32.8. The summed E-state index contributed by atoms with van der Waals surface area (Å²) in [6.07, 6.45) is 0.959. The molecular weight excluding hydrogens is 400 g/mol. The van der Waals surface area contributed by atoms with Gasteiger partial charge in [0.15, 0.2) is 0 Å². The van der Waals surface area contributed by atoms with Crippen molar-refractivity contribution >= 4 is 32.0 Å². The van der Waals surface area contributed by atoms with Crippen LogP contribution >= 0.6 is 15.9 Å². The fourth-order valence-corrected chi connectivity index (χ4v) is 3.18. The third-order valence-electron chi connectivity index (χ3n) is 3.23. The number of benzene rings is 2. The number of rotatable bonds is 5. The first-order valence-electron chi connectivity index (χ1n) is 6.74. The number of hydrogen-bond donors (Lipinski definition) is 1. The zero-order valence-electron chi connectivity index (χ0n) is 13.2. The number of methoxy groups -OCH3 is 1. The molecule has 2 aromatic rings. The van der Waals surface area contributed by atoms with Gasteiger partial charge in [-0.05, 0) is 52.2 Å². The Morgan fingerprint density at radius 3 is 2.25 bits per heavy atom. The van der Waals surface area contributed by atoms with Gasteiger partial charge in [-0.25, -0.2) is 4.79 Å². The second-order valence-corrected chi connectivity index (χ2v) is 7.45. The van der Waals surface area contributed by atoms with Crippen molar-refractivity contribution in [3.8, 4) is 22.6 Å². The van der Waals surface area contributed by atoms with Crippen molar-refractivity contribution in [3.05, 3.63) is 45.9 Å². The topological polar surface area (TPSA) is 89.9 Å². The van der Waals surface area contributed by atoms with Gasteiger partial charge in [0, 0.05) is 10.0 Å². The third kappa shape index (κ3) is 3.88. The zero-order valence-corrected chi connectivity index (χ0v) is 15.6. The molecule has 6 nitrogen and oxygen atoms in total. The number of halogens is 1. The minimum absolute atomic E-state index is 0.0314. The molecule has 0 fully saturated rings. The Kier molecular flexibility index (Phi) is 5.19. The number of carboxylic acid groups (broad SMARTS) is 1. The first-order chi connectivity index (χ1) is 11.1.